The summed E-state index contributed by atoms with van der Waals surface area (Å²) in [6, 6.07) is 12.9. The molecule has 0 aromatic heterocycles. The first kappa shape index (κ1) is 26.0. The third-order valence-electron chi connectivity index (χ3n) is 6.97. The van der Waals surface area contributed by atoms with E-state index in [1.807, 2.05) is 48.9 Å². The number of aldehydes is 1. The monoisotopic (exact) mass is 497 g/mol. The zero-order chi connectivity index (χ0) is 26.7. The SMILES string of the molecule is C=C(/C=C1/N=C(C(=O)N2CCc3ccccc3C2C)C=C(CC)N1C)c1ccc(/C=C(\C)C=O)cc1F. The summed E-state index contributed by atoms with van der Waals surface area (Å²) < 4.78 is 14.9. The lowest BCUT2D eigenvalue weighted by atomic mass is 9.93. The van der Waals surface area contributed by atoms with Gasteiger partial charge >= 0.3 is 0 Å². The van der Waals surface area contributed by atoms with Gasteiger partial charge in [-0.25, -0.2) is 9.38 Å². The minimum absolute atomic E-state index is 0.0508. The van der Waals surface area contributed by atoms with E-state index < -0.39 is 5.82 Å². The zero-order valence-corrected chi connectivity index (χ0v) is 21.8. The molecule has 0 N–H and O–H groups in total. The Morgan fingerprint density at radius 3 is 2.70 bits per heavy atom. The first-order valence-electron chi connectivity index (χ1n) is 12.5. The van der Waals surface area contributed by atoms with Crippen LogP contribution in [0.4, 0.5) is 4.39 Å². The van der Waals surface area contributed by atoms with Crippen molar-refractivity contribution >= 4 is 29.6 Å². The topological polar surface area (TPSA) is 53.0 Å². The normalized spacial score (nSPS) is 18.8. The number of fused-ring (bicyclic) bond motifs is 1. The highest BCUT2D eigenvalue weighted by Crippen LogP contribution is 2.31. The van der Waals surface area contributed by atoms with Crippen LogP contribution in [-0.4, -0.2) is 41.3 Å². The van der Waals surface area contributed by atoms with Crippen LogP contribution in [0.15, 0.2) is 83.3 Å². The summed E-state index contributed by atoms with van der Waals surface area (Å²) in [6.45, 7) is 10.4. The number of rotatable bonds is 6. The summed E-state index contributed by atoms with van der Waals surface area (Å²) in [6.07, 6.45) is 7.41. The predicted octanol–water partition coefficient (Wildman–Crippen LogP) is 6.11. The number of nitrogens with zero attached hydrogens (tertiary/aromatic N) is 3. The van der Waals surface area contributed by atoms with E-state index in [9.17, 15) is 14.0 Å². The molecule has 5 nitrogen and oxygen atoms in total. The van der Waals surface area contributed by atoms with E-state index in [1.54, 1.807) is 31.2 Å². The number of carbonyl (C=O) groups excluding carboxylic acids is 2. The molecule has 0 fully saturated rings. The van der Waals surface area contributed by atoms with Crippen molar-refractivity contribution in [1.82, 2.24) is 9.80 Å². The van der Waals surface area contributed by atoms with Gasteiger partial charge in [-0.3, -0.25) is 9.59 Å². The molecule has 190 valence electrons. The minimum Gasteiger partial charge on any atom is -0.333 e. The number of benzene rings is 2. The Hall–Kier alpha value is -4.06. The van der Waals surface area contributed by atoms with Gasteiger partial charge in [0.15, 0.2) is 0 Å². The fourth-order valence-electron chi connectivity index (χ4n) is 4.82. The number of amides is 1. The lowest BCUT2D eigenvalue weighted by molar-refractivity contribution is -0.126. The van der Waals surface area contributed by atoms with Crippen LogP contribution in [-0.2, 0) is 16.0 Å². The number of halogens is 1. The maximum absolute atomic E-state index is 14.9. The van der Waals surface area contributed by atoms with E-state index in [1.165, 1.54) is 11.6 Å². The summed E-state index contributed by atoms with van der Waals surface area (Å²) in [5, 5.41) is 0. The second kappa shape index (κ2) is 10.9. The van der Waals surface area contributed by atoms with E-state index in [0.29, 0.717) is 46.8 Å². The highest BCUT2D eigenvalue weighted by atomic mass is 19.1. The molecule has 1 atom stereocenters. The molecule has 37 heavy (non-hydrogen) atoms. The van der Waals surface area contributed by atoms with E-state index in [0.717, 1.165) is 24.0 Å². The standard InChI is InChI=1S/C31H32FN3O2/c1-6-25-18-29(31(37)35-14-13-24-9-7-8-10-27(24)22(35)4)33-30(34(25)5)16-21(3)26-12-11-23(17-28(26)32)15-20(2)19-36/h7-12,15-19,22H,3,6,13-14H2,1-2,4-5H3/b20-15+,30-16-. The highest BCUT2D eigenvalue weighted by Gasteiger charge is 2.31. The van der Waals surface area contributed by atoms with Crippen molar-refractivity contribution in [3.05, 3.63) is 106 Å². The van der Waals surface area contributed by atoms with E-state index >= 15 is 0 Å². The average Bonchev–Trinajstić information content (AvgIpc) is 2.89. The van der Waals surface area contributed by atoms with Crippen molar-refractivity contribution in [3.63, 3.8) is 0 Å². The largest absolute Gasteiger partial charge is 0.333 e. The van der Waals surface area contributed by atoms with Crippen LogP contribution in [0.5, 0.6) is 0 Å². The molecule has 1 unspecified atom stereocenters. The lowest BCUT2D eigenvalue weighted by Crippen LogP contribution is -2.43. The average molecular weight is 498 g/mol. The number of hydrogen-bond donors (Lipinski definition) is 0. The highest BCUT2D eigenvalue weighted by molar-refractivity contribution is 6.43. The predicted molar refractivity (Wildman–Crippen MR) is 147 cm³/mol. The second-order valence-electron chi connectivity index (χ2n) is 9.44. The van der Waals surface area contributed by atoms with Crippen LogP contribution >= 0.6 is 0 Å². The molecule has 6 heteroatoms. The van der Waals surface area contributed by atoms with Gasteiger partial charge in [0.05, 0.1) is 6.04 Å². The maximum atomic E-state index is 14.9. The fraction of sp³-hybridized carbons (Fsp3) is 0.258. The molecule has 4 rings (SSSR count). The molecule has 0 radical (unpaired) electrons. The second-order valence-corrected chi connectivity index (χ2v) is 9.44. The first-order valence-corrected chi connectivity index (χ1v) is 12.5. The minimum atomic E-state index is -0.444. The van der Waals surface area contributed by atoms with Crippen LogP contribution in [0.3, 0.4) is 0 Å². The molecule has 0 saturated heterocycles. The molecule has 2 aliphatic rings. The smallest absolute Gasteiger partial charge is 0.273 e. The van der Waals surface area contributed by atoms with Crippen LogP contribution in [0, 0.1) is 5.82 Å². The number of hydrogen-bond acceptors (Lipinski definition) is 4. The fourth-order valence-corrected chi connectivity index (χ4v) is 4.82. The molecule has 2 heterocycles. The van der Waals surface area contributed by atoms with E-state index in [4.69, 9.17) is 4.99 Å². The summed E-state index contributed by atoms with van der Waals surface area (Å²) >= 11 is 0. The Morgan fingerprint density at radius 2 is 2.00 bits per heavy atom. The summed E-state index contributed by atoms with van der Waals surface area (Å²) in [4.78, 5) is 33.0. The Bertz CT molecular complexity index is 1380. The van der Waals surface area contributed by atoms with Gasteiger partial charge in [0.25, 0.3) is 5.91 Å². The molecular weight excluding hydrogens is 465 g/mol. The quantitative estimate of drug-likeness (QED) is 0.358. The zero-order valence-electron chi connectivity index (χ0n) is 21.8. The first-order chi connectivity index (χ1) is 17.7. The Labute approximate surface area is 218 Å². The van der Waals surface area contributed by atoms with E-state index in [2.05, 4.69) is 18.7 Å². The molecule has 1 amide bonds. The number of carbonyl (C=O) groups is 2. The summed E-state index contributed by atoms with van der Waals surface area (Å²) in [5.74, 6) is -0.0385. The van der Waals surface area contributed by atoms with Gasteiger partial charge in [-0.2, -0.15) is 0 Å². The van der Waals surface area contributed by atoms with Crippen LogP contribution in [0.25, 0.3) is 11.6 Å². The van der Waals surface area contributed by atoms with Crippen LogP contribution < -0.4 is 0 Å². The van der Waals surface area contributed by atoms with Gasteiger partial charge < -0.3 is 9.80 Å². The molecule has 2 aliphatic heterocycles. The maximum Gasteiger partial charge on any atom is 0.273 e. The van der Waals surface area contributed by atoms with Gasteiger partial charge in [-0.1, -0.05) is 49.9 Å². The molecule has 0 aliphatic carbocycles. The molecule has 2 aromatic carbocycles. The third-order valence-corrected chi connectivity index (χ3v) is 6.97. The Kier molecular flexibility index (Phi) is 7.67. The number of allylic oxidation sites excluding steroid dienone is 4. The molecular formula is C31H32FN3O2. The van der Waals surface area contributed by atoms with Crippen LogP contribution in [0.1, 0.15) is 55.5 Å². The van der Waals surface area contributed by atoms with Gasteiger partial charge in [-0.05, 0) is 78.8 Å². The summed E-state index contributed by atoms with van der Waals surface area (Å²) in [7, 11) is 1.88. The van der Waals surface area contributed by atoms with Crippen LogP contribution in [0.2, 0.25) is 0 Å². The van der Waals surface area contributed by atoms with Crippen molar-refractivity contribution in [2.75, 3.05) is 13.6 Å². The number of aliphatic imine (C=N–C) groups is 1. The Balaban J connectivity index is 1.64. The van der Waals surface area contributed by atoms with E-state index in [-0.39, 0.29) is 11.9 Å². The van der Waals surface area contributed by atoms with Crippen molar-refractivity contribution < 1.29 is 14.0 Å². The van der Waals surface area contributed by atoms with Crippen molar-refractivity contribution in [3.8, 4) is 0 Å². The lowest BCUT2D eigenvalue weighted by Gasteiger charge is -2.36. The van der Waals surface area contributed by atoms with Gasteiger partial charge in [0, 0.05) is 24.9 Å². The van der Waals surface area contributed by atoms with Gasteiger partial charge in [0.2, 0.25) is 0 Å². The Morgan fingerprint density at radius 1 is 1.24 bits per heavy atom. The molecule has 0 saturated carbocycles. The molecule has 2 aromatic rings. The molecule has 0 spiro atoms. The van der Waals surface area contributed by atoms with Crippen molar-refractivity contribution in [2.24, 2.45) is 4.99 Å². The molecule has 0 bridgehead atoms. The summed E-state index contributed by atoms with van der Waals surface area (Å²) in [5.41, 5.74) is 5.62. The van der Waals surface area contributed by atoms with Crippen molar-refractivity contribution in [2.45, 2.75) is 39.7 Å². The van der Waals surface area contributed by atoms with Gasteiger partial charge in [-0.15, -0.1) is 0 Å². The van der Waals surface area contributed by atoms with Crippen molar-refractivity contribution in [1.29, 1.82) is 0 Å². The van der Waals surface area contributed by atoms with Gasteiger partial charge in [0.1, 0.15) is 23.6 Å². The third kappa shape index (κ3) is 5.38.